The molecule has 24 nitrogen and oxygen atoms in total. The molecule has 2 heterocycles. The number of anilines is 1. The van der Waals surface area contributed by atoms with Crippen molar-refractivity contribution in [2.24, 2.45) is 0 Å². The minimum Gasteiger partial charge on any atom is -0.748 e. The highest BCUT2D eigenvalue weighted by atomic mass is 32.2. The Bertz CT molecular complexity index is 3970. The summed E-state index contributed by atoms with van der Waals surface area (Å²) in [6.07, 6.45) is 11.5. The third-order valence-electron chi connectivity index (χ3n) is 13.9. The van der Waals surface area contributed by atoms with E-state index < -0.39 is 109 Å². The van der Waals surface area contributed by atoms with Crippen LogP contribution >= 0.6 is 0 Å². The number of allylic oxidation sites excluding steroid dienone is 8. The van der Waals surface area contributed by atoms with Gasteiger partial charge < -0.3 is 42.2 Å². The molecule has 80 heavy (non-hydrogen) atoms. The first-order chi connectivity index (χ1) is 37.0. The molecule has 2 atom stereocenters. The predicted molar refractivity (Wildman–Crippen MR) is 285 cm³/mol. The molecule has 2 aliphatic rings. The van der Waals surface area contributed by atoms with Crippen molar-refractivity contribution in [1.82, 2.24) is 0 Å². The predicted octanol–water partition coefficient (Wildman–Crippen LogP) is 4.60. The van der Waals surface area contributed by atoms with Gasteiger partial charge in [0.2, 0.25) is 5.69 Å². The fourth-order valence-electron chi connectivity index (χ4n) is 10.4. The number of hydrogen-bond donors (Lipinski definition) is 2. The molecule has 0 fully saturated rings. The largest absolute Gasteiger partial charge is 0.748 e. The summed E-state index contributed by atoms with van der Waals surface area (Å²) in [4.78, 5) is 9.18. The number of aliphatic carboxylic acids is 1. The molecule has 6 rings (SSSR count). The third kappa shape index (κ3) is 15.0. The summed E-state index contributed by atoms with van der Waals surface area (Å²) in [6, 6.07) is 8.27. The highest BCUT2D eigenvalue weighted by molar-refractivity contribution is 7.87. The molecule has 0 aliphatic carbocycles. The van der Waals surface area contributed by atoms with E-state index in [1.807, 2.05) is 4.90 Å². The van der Waals surface area contributed by atoms with Crippen LogP contribution in [-0.2, 0) is 85.8 Å². The SMILES string of the molecule is COCCOCCC1(C)\C(=C/C=C/C=C/C=C/C2=[N+](CCCS(=O)(=O)O)c3ccc4c(S(=O)(=O)[O-])cc(S(=O)(=O)[O-])cc4c3C2(C)CCCS(=O)(=O)[O-])N(CCCCCC(=O)O)c2ccc3c(S(=O)(=O)[O-])cc(S(=O)(=O)[O-])cc3c21. The van der Waals surface area contributed by atoms with Crippen LogP contribution < -0.4 is 4.90 Å². The molecule has 2 unspecified atom stereocenters. The number of fused-ring (bicyclic) bond motifs is 6. The molecule has 0 amide bonds. The summed E-state index contributed by atoms with van der Waals surface area (Å²) in [5.41, 5.74) is -0.779. The van der Waals surface area contributed by atoms with Crippen LogP contribution in [-0.4, -0.2) is 151 Å². The van der Waals surface area contributed by atoms with Crippen LogP contribution in [0.3, 0.4) is 0 Å². The molecule has 0 saturated heterocycles. The molecule has 0 bridgehead atoms. The summed E-state index contributed by atoms with van der Waals surface area (Å²) in [6.45, 7) is 3.85. The van der Waals surface area contributed by atoms with Gasteiger partial charge >= 0.3 is 5.97 Å². The van der Waals surface area contributed by atoms with Crippen molar-refractivity contribution < 1.29 is 102 Å². The first kappa shape index (κ1) is 63.9. The van der Waals surface area contributed by atoms with Crippen molar-refractivity contribution in [2.75, 3.05) is 56.4 Å². The van der Waals surface area contributed by atoms with E-state index in [0.29, 0.717) is 48.3 Å². The standard InChI is InChI=1S/C50H60N2O22S6/c1-49(21-12-28-75(55,56)57)44(52(24-13-29-76(58,59)60)40-19-17-36-38(47(40)49)30-34(77(61,62)63)32-42(36)79(67,68)69)14-8-5-4-6-9-15-45-50(2,22-25-74-27-26-73-3)48-39-31-35(78(64,65)66)33-43(80(70,71)72)37(39)18-20-41(48)51(45)23-11-7-10-16-46(53)54/h4-6,8-9,14-15,17-20,30-33H,7,10-13,16,21-29H2,1-3H3,(H6-,53,54,55,56,57,58,59,60,61,62,63,64,65,66,67,68,69,70,71,72)/p-4. The second kappa shape index (κ2) is 24.6. The Hall–Kier alpha value is -5.32. The Kier molecular flexibility index (Phi) is 19.7. The van der Waals surface area contributed by atoms with Gasteiger partial charge in [0.15, 0.2) is 5.71 Å². The van der Waals surface area contributed by atoms with Crippen LogP contribution in [0.5, 0.6) is 0 Å². The first-order valence-electron chi connectivity index (χ1n) is 24.4. The number of hydrogen-bond acceptors (Lipinski definition) is 21. The Labute approximate surface area is 464 Å². The van der Waals surface area contributed by atoms with Crippen LogP contribution in [0.4, 0.5) is 11.4 Å². The summed E-state index contributed by atoms with van der Waals surface area (Å²) in [7, 11) is -29.5. The highest BCUT2D eigenvalue weighted by Gasteiger charge is 2.49. The Morgan fingerprint density at radius 3 is 1.75 bits per heavy atom. The van der Waals surface area contributed by atoms with Crippen molar-refractivity contribution in [3.05, 3.63) is 108 Å². The Morgan fingerprint density at radius 1 is 0.625 bits per heavy atom. The molecule has 0 aromatic heterocycles. The molecule has 438 valence electrons. The number of methoxy groups -OCH3 is 1. The summed E-state index contributed by atoms with van der Waals surface area (Å²) in [5.74, 6) is -2.63. The van der Waals surface area contributed by atoms with Gasteiger partial charge in [-0.25, -0.2) is 42.1 Å². The number of unbranched alkanes of at least 4 members (excludes halogenated alkanes) is 2. The molecular weight excluding hydrogens is 1170 g/mol. The zero-order valence-corrected chi connectivity index (χ0v) is 48.1. The van der Waals surface area contributed by atoms with Gasteiger partial charge in [-0.1, -0.05) is 42.9 Å². The second-order valence-corrected chi connectivity index (χ2v) is 27.9. The van der Waals surface area contributed by atoms with Gasteiger partial charge in [0.1, 0.15) is 47.0 Å². The second-order valence-electron chi connectivity index (χ2n) is 19.4. The van der Waals surface area contributed by atoms with Gasteiger partial charge in [-0.15, -0.1) is 0 Å². The maximum atomic E-state index is 12.7. The molecule has 4 aromatic carbocycles. The highest BCUT2D eigenvalue weighted by Crippen LogP contribution is 2.54. The minimum atomic E-state index is -5.47. The van der Waals surface area contributed by atoms with Crippen LogP contribution in [0.25, 0.3) is 21.5 Å². The van der Waals surface area contributed by atoms with Crippen molar-refractivity contribution in [2.45, 2.75) is 95.6 Å². The van der Waals surface area contributed by atoms with Gasteiger partial charge in [-0.3, -0.25) is 9.35 Å². The van der Waals surface area contributed by atoms with E-state index in [9.17, 15) is 87.7 Å². The average molecular weight is 1230 g/mol. The van der Waals surface area contributed by atoms with E-state index in [-0.39, 0.29) is 104 Å². The Morgan fingerprint density at radius 2 is 1.20 bits per heavy atom. The fourth-order valence-corrected chi connectivity index (χ4v) is 14.1. The number of carboxylic acids is 1. The van der Waals surface area contributed by atoms with E-state index in [1.54, 1.807) is 48.8 Å². The number of carbonyl (C=O) groups is 1. The molecule has 0 saturated carbocycles. The lowest BCUT2D eigenvalue weighted by atomic mass is 9.74. The maximum Gasteiger partial charge on any atom is 0.303 e. The zero-order valence-electron chi connectivity index (χ0n) is 43.2. The van der Waals surface area contributed by atoms with Crippen molar-refractivity contribution >= 4 is 105 Å². The van der Waals surface area contributed by atoms with Crippen LogP contribution in [0, 0.1) is 0 Å². The minimum absolute atomic E-state index is 0.0125. The van der Waals surface area contributed by atoms with Crippen LogP contribution in [0.1, 0.15) is 76.3 Å². The average Bonchev–Trinajstić information content (AvgIpc) is 3.71. The first-order valence-corrected chi connectivity index (χ1v) is 33.2. The number of rotatable bonds is 28. The molecule has 0 spiro atoms. The molecule has 2 aliphatic heterocycles. The Balaban J connectivity index is 1.50. The van der Waals surface area contributed by atoms with Crippen LogP contribution in [0.2, 0.25) is 0 Å². The van der Waals surface area contributed by atoms with Crippen LogP contribution in [0.15, 0.2) is 116 Å². The molecule has 0 radical (unpaired) electrons. The number of nitrogens with zero attached hydrogens (tertiary/aromatic N) is 2. The number of ether oxygens (including phenoxy) is 2. The van der Waals surface area contributed by atoms with E-state index >= 15 is 0 Å². The summed E-state index contributed by atoms with van der Waals surface area (Å²) < 4.78 is 232. The van der Waals surface area contributed by atoms with Gasteiger partial charge in [0, 0.05) is 78.7 Å². The topological polar surface area (TPSA) is 402 Å². The van der Waals surface area contributed by atoms with E-state index in [0.717, 1.165) is 12.1 Å². The van der Waals surface area contributed by atoms with Crippen molar-refractivity contribution in [3.63, 3.8) is 0 Å². The number of carboxylic acid groups (broad SMARTS) is 1. The zero-order chi connectivity index (χ0) is 59.4. The molecule has 2 N–H and O–H groups in total. The van der Waals surface area contributed by atoms with Gasteiger partial charge in [-0.05, 0) is 110 Å². The number of benzene rings is 4. The molecule has 30 heteroatoms. The van der Waals surface area contributed by atoms with Gasteiger partial charge in [0.25, 0.3) is 10.1 Å². The van der Waals surface area contributed by atoms with E-state index in [2.05, 4.69) is 0 Å². The van der Waals surface area contributed by atoms with E-state index in [1.165, 1.54) is 43.5 Å². The third-order valence-corrected chi connectivity index (χ3v) is 18.8. The molecule has 4 aromatic rings. The van der Waals surface area contributed by atoms with Crippen molar-refractivity contribution in [1.29, 1.82) is 0 Å². The van der Waals surface area contributed by atoms with Crippen molar-refractivity contribution in [3.8, 4) is 0 Å². The lowest BCUT2D eigenvalue weighted by Crippen LogP contribution is -2.32. The monoisotopic (exact) mass is 1230 g/mol. The van der Waals surface area contributed by atoms with Gasteiger partial charge in [0.05, 0.1) is 54.1 Å². The van der Waals surface area contributed by atoms with Gasteiger partial charge in [-0.2, -0.15) is 13.0 Å². The van der Waals surface area contributed by atoms with E-state index in [4.69, 9.17) is 9.47 Å². The smallest absolute Gasteiger partial charge is 0.303 e. The normalized spacial score (nSPS) is 19.0. The molecular formula is C50H56N2O22S6-4. The quantitative estimate of drug-likeness (QED) is 0.0339. The lowest BCUT2D eigenvalue weighted by Gasteiger charge is -2.31. The summed E-state index contributed by atoms with van der Waals surface area (Å²) in [5, 5.41) is 8.60. The summed E-state index contributed by atoms with van der Waals surface area (Å²) >= 11 is 0. The maximum absolute atomic E-state index is 12.7. The lowest BCUT2D eigenvalue weighted by molar-refractivity contribution is -0.437. The fraction of sp³-hybridized carbons (Fsp3) is 0.400.